The predicted molar refractivity (Wildman–Crippen MR) is 99.2 cm³/mol. The molecule has 0 bridgehead atoms. The van der Waals surface area contributed by atoms with Crippen LogP contribution in [0.2, 0.25) is 0 Å². The SMILES string of the molecule is NS(=O)(=O)c1ccc(N2CCN(c3ccc(I)cn3)CC2)cc1. The van der Waals surface area contributed by atoms with Crippen molar-refractivity contribution >= 4 is 44.1 Å². The third-order valence-corrected chi connectivity index (χ3v) is 5.41. The van der Waals surface area contributed by atoms with Gasteiger partial charge in [0.25, 0.3) is 0 Å². The monoisotopic (exact) mass is 444 g/mol. The molecule has 2 N–H and O–H groups in total. The lowest BCUT2D eigenvalue weighted by molar-refractivity contribution is 0.597. The molecule has 3 rings (SSSR count). The predicted octanol–water partition coefficient (Wildman–Crippen LogP) is 1.66. The molecule has 1 fully saturated rings. The van der Waals surface area contributed by atoms with E-state index in [0.29, 0.717) is 0 Å². The van der Waals surface area contributed by atoms with E-state index in [0.717, 1.165) is 41.3 Å². The van der Waals surface area contributed by atoms with Crippen LogP contribution < -0.4 is 14.9 Å². The van der Waals surface area contributed by atoms with Crippen molar-refractivity contribution in [2.45, 2.75) is 4.90 Å². The second-order valence-electron chi connectivity index (χ2n) is 5.35. The summed E-state index contributed by atoms with van der Waals surface area (Å²) in [7, 11) is -3.63. The van der Waals surface area contributed by atoms with Crippen molar-refractivity contribution in [3.05, 3.63) is 46.2 Å². The van der Waals surface area contributed by atoms with Crippen LogP contribution in [0.25, 0.3) is 0 Å². The van der Waals surface area contributed by atoms with E-state index in [1.165, 1.54) is 0 Å². The average molecular weight is 444 g/mol. The van der Waals surface area contributed by atoms with Crippen molar-refractivity contribution in [2.24, 2.45) is 5.14 Å². The molecule has 0 saturated carbocycles. The van der Waals surface area contributed by atoms with Gasteiger partial charge in [-0.15, -0.1) is 0 Å². The molecule has 1 aromatic heterocycles. The fraction of sp³-hybridized carbons (Fsp3) is 0.267. The van der Waals surface area contributed by atoms with Gasteiger partial charge in [-0.25, -0.2) is 18.5 Å². The first-order valence-corrected chi connectivity index (χ1v) is 9.80. The van der Waals surface area contributed by atoms with Crippen molar-refractivity contribution in [1.29, 1.82) is 0 Å². The van der Waals surface area contributed by atoms with Crippen LogP contribution in [0, 0.1) is 3.57 Å². The Bertz CT molecular complexity index is 770. The Morgan fingerprint density at radius 2 is 1.57 bits per heavy atom. The lowest BCUT2D eigenvalue weighted by Gasteiger charge is -2.36. The lowest BCUT2D eigenvalue weighted by atomic mass is 10.2. The molecule has 0 radical (unpaired) electrons. The standard InChI is InChI=1S/C15H17IN4O2S/c16-12-1-6-15(18-11-12)20-9-7-19(8-10-20)13-2-4-14(5-3-13)23(17,21)22/h1-6,11H,7-10H2,(H2,17,21,22). The van der Waals surface area contributed by atoms with Crippen LogP contribution in [-0.2, 0) is 10.0 Å². The number of primary sulfonamides is 1. The minimum absolute atomic E-state index is 0.142. The van der Waals surface area contributed by atoms with E-state index in [4.69, 9.17) is 5.14 Å². The minimum Gasteiger partial charge on any atom is -0.368 e. The molecule has 122 valence electrons. The van der Waals surface area contributed by atoms with Crippen molar-refractivity contribution in [3.63, 3.8) is 0 Å². The zero-order valence-electron chi connectivity index (χ0n) is 12.4. The zero-order chi connectivity index (χ0) is 16.4. The highest BCUT2D eigenvalue weighted by Crippen LogP contribution is 2.21. The summed E-state index contributed by atoms with van der Waals surface area (Å²) in [4.78, 5) is 9.09. The quantitative estimate of drug-likeness (QED) is 0.729. The van der Waals surface area contributed by atoms with Gasteiger partial charge in [-0.1, -0.05) is 0 Å². The van der Waals surface area contributed by atoms with Crippen LogP contribution in [0.4, 0.5) is 11.5 Å². The molecule has 1 aliphatic rings. The van der Waals surface area contributed by atoms with E-state index in [1.54, 1.807) is 24.3 Å². The first-order valence-electron chi connectivity index (χ1n) is 7.18. The number of hydrogen-bond donors (Lipinski definition) is 1. The fourth-order valence-electron chi connectivity index (χ4n) is 2.60. The van der Waals surface area contributed by atoms with Gasteiger partial charge in [0, 0.05) is 41.6 Å². The largest absolute Gasteiger partial charge is 0.368 e. The van der Waals surface area contributed by atoms with Crippen LogP contribution in [0.15, 0.2) is 47.5 Å². The Kier molecular flexibility index (Phi) is 4.74. The molecule has 0 aliphatic carbocycles. The number of piperazine rings is 1. The Balaban J connectivity index is 1.66. The Morgan fingerprint density at radius 1 is 0.957 bits per heavy atom. The highest BCUT2D eigenvalue weighted by Gasteiger charge is 2.18. The van der Waals surface area contributed by atoms with Gasteiger partial charge >= 0.3 is 0 Å². The third-order valence-electron chi connectivity index (χ3n) is 3.85. The highest BCUT2D eigenvalue weighted by atomic mass is 127. The van der Waals surface area contributed by atoms with Crippen molar-refractivity contribution in [3.8, 4) is 0 Å². The van der Waals surface area contributed by atoms with Crippen LogP contribution in [0.1, 0.15) is 0 Å². The number of halogens is 1. The van der Waals surface area contributed by atoms with Gasteiger partial charge in [-0.05, 0) is 59.0 Å². The maximum atomic E-state index is 11.3. The molecule has 0 amide bonds. The summed E-state index contributed by atoms with van der Waals surface area (Å²) in [6.45, 7) is 3.49. The molecule has 23 heavy (non-hydrogen) atoms. The van der Waals surface area contributed by atoms with Crippen LogP contribution >= 0.6 is 22.6 Å². The molecular weight excluding hydrogens is 427 g/mol. The second kappa shape index (κ2) is 6.62. The number of sulfonamides is 1. The van der Waals surface area contributed by atoms with Gasteiger partial charge in [0.15, 0.2) is 0 Å². The van der Waals surface area contributed by atoms with Crippen molar-refractivity contribution in [2.75, 3.05) is 36.0 Å². The minimum atomic E-state index is -3.63. The molecule has 0 unspecified atom stereocenters. The summed E-state index contributed by atoms with van der Waals surface area (Å²) in [5.74, 6) is 0.995. The van der Waals surface area contributed by atoms with Gasteiger partial charge in [0.1, 0.15) is 5.82 Å². The maximum absolute atomic E-state index is 11.3. The molecule has 0 atom stereocenters. The molecular formula is C15H17IN4O2S. The van der Waals surface area contributed by atoms with Gasteiger partial charge in [0.05, 0.1) is 4.90 Å². The smallest absolute Gasteiger partial charge is 0.238 e. The third kappa shape index (κ3) is 3.93. The maximum Gasteiger partial charge on any atom is 0.238 e. The van der Waals surface area contributed by atoms with Crippen molar-refractivity contribution in [1.82, 2.24) is 4.98 Å². The first kappa shape index (κ1) is 16.5. The lowest BCUT2D eigenvalue weighted by Crippen LogP contribution is -2.46. The normalized spacial score (nSPS) is 15.7. The summed E-state index contributed by atoms with van der Waals surface area (Å²) >= 11 is 2.25. The average Bonchev–Trinajstić information content (AvgIpc) is 2.55. The van der Waals surface area contributed by atoms with Gasteiger partial charge < -0.3 is 9.80 Å². The topological polar surface area (TPSA) is 79.5 Å². The number of pyridine rings is 1. The molecule has 2 aromatic rings. The molecule has 1 aliphatic heterocycles. The van der Waals surface area contributed by atoms with E-state index >= 15 is 0 Å². The zero-order valence-corrected chi connectivity index (χ0v) is 15.4. The molecule has 0 spiro atoms. The van der Waals surface area contributed by atoms with Crippen LogP contribution in [0.5, 0.6) is 0 Å². The summed E-state index contributed by atoms with van der Waals surface area (Å²) in [6.07, 6.45) is 1.87. The number of anilines is 2. The summed E-state index contributed by atoms with van der Waals surface area (Å²) in [5.41, 5.74) is 1.01. The Hall–Kier alpha value is -1.39. The van der Waals surface area contributed by atoms with E-state index in [1.807, 2.05) is 12.3 Å². The number of aromatic nitrogens is 1. The van der Waals surface area contributed by atoms with Crippen molar-refractivity contribution < 1.29 is 8.42 Å². The molecule has 1 saturated heterocycles. The van der Waals surface area contributed by atoms with Crippen LogP contribution in [-0.4, -0.2) is 39.6 Å². The number of rotatable bonds is 3. The Labute approximate surface area is 149 Å². The first-order chi connectivity index (χ1) is 10.9. The molecule has 8 heteroatoms. The Morgan fingerprint density at radius 3 is 2.09 bits per heavy atom. The van der Waals surface area contributed by atoms with Gasteiger partial charge in [-0.2, -0.15) is 0 Å². The molecule has 6 nitrogen and oxygen atoms in total. The van der Waals surface area contributed by atoms with E-state index in [-0.39, 0.29) is 4.90 Å². The van der Waals surface area contributed by atoms with E-state index in [9.17, 15) is 8.42 Å². The van der Waals surface area contributed by atoms with Gasteiger partial charge in [0.2, 0.25) is 10.0 Å². The number of hydrogen-bond acceptors (Lipinski definition) is 5. The summed E-state index contributed by atoms with van der Waals surface area (Å²) in [5, 5.41) is 5.12. The number of benzene rings is 1. The second-order valence-corrected chi connectivity index (χ2v) is 8.15. The summed E-state index contributed by atoms with van der Waals surface area (Å²) in [6, 6.07) is 10.8. The summed E-state index contributed by atoms with van der Waals surface area (Å²) < 4.78 is 23.7. The number of nitrogens with two attached hydrogens (primary N) is 1. The van der Waals surface area contributed by atoms with Gasteiger partial charge in [-0.3, -0.25) is 0 Å². The van der Waals surface area contributed by atoms with Crippen LogP contribution in [0.3, 0.4) is 0 Å². The highest BCUT2D eigenvalue weighted by molar-refractivity contribution is 14.1. The molecule has 1 aromatic carbocycles. The number of nitrogens with zero attached hydrogens (tertiary/aromatic N) is 3. The fourth-order valence-corrected chi connectivity index (χ4v) is 3.43. The molecule has 2 heterocycles. The van der Waals surface area contributed by atoms with E-state index < -0.39 is 10.0 Å². The van der Waals surface area contributed by atoms with E-state index in [2.05, 4.69) is 43.4 Å².